The van der Waals surface area contributed by atoms with Gasteiger partial charge in [0.1, 0.15) is 0 Å². The fourth-order valence-electron chi connectivity index (χ4n) is 2.97. The highest BCUT2D eigenvalue weighted by Gasteiger charge is 2.19. The van der Waals surface area contributed by atoms with Gasteiger partial charge in [0.25, 0.3) is 0 Å². The fourth-order valence-corrected chi connectivity index (χ4v) is 3.37. The summed E-state index contributed by atoms with van der Waals surface area (Å²) < 4.78 is 0.976. The number of likely N-dealkylation sites (tertiary alicyclic amines) is 1. The number of hydrogen-bond donors (Lipinski definition) is 0. The third-order valence-corrected chi connectivity index (χ3v) is 4.70. The molecule has 0 unspecified atom stereocenters. The summed E-state index contributed by atoms with van der Waals surface area (Å²) in [5.74, 6) is 1.17. The van der Waals surface area contributed by atoms with E-state index in [0.717, 1.165) is 35.6 Å². The number of ketones is 1. The molecule has 0 radical (unpaired) electrons. The molecule has 1 aliphatic rings. The van der Waals surface area contributed by atoms with Crippen LogP contribution in [0.3, 0.4) is 0 Å². The molecule has 1 fully saturated rings. The van der Waals surface area contributed by atoms with Crippen molar-refractivity contribution in [2.75, 3.05) is 19.6 Å². The summed E-state index contributed by atoms with van der Waals surface area (Å²) in [7, 11) is 0. The fraction of sp³-hybridized carbons (Fsp3) is 0.588. The molecule has 0 spiro atoms. The predicted octanol–water partition coefficient (Wildman–Crippen LogP) is 4.53. The molecule has 1 saturated heterocycles. The largest absolute Gasteiger partial charge is 0.303 e. The van der Waals surface area contributed by atoms with Gasteiger partial charge in [0.2, 0.25) is 0 Å². The van der Waals surface area contributed by atoms with Crippen LogP contribution in [0.4, 0.5) is 0 Å². The Morgan fingerprint density at radius 2 is 2.10 bits per heavy atom. The normalized spacial score (nSPS) is 17.3. The minimum Gasteiger partial charge on any atom is -0.303 e. The Bertz CT molecular complexity index is 438. The molecule has 2 nitrogen and oxygen atoms in total. The van der Waals surface area contributed by atoms with Crippen LogP contribution in [-0.2, 0) is 0 Å². The number of carbonyl (C=O) groups excluding carboxylic acids is 1. The number of nitrogens with zero attached hydrogens (tertiary/aromatic N) is 1. The van der Waals surface area contributed by atoms with Crippen LogP contribution in [0.5, 0.6) is 0 Å². The highest BCUT2D eigenvalue weighted by molar-refractivity contribution is 9.10. The lowest BCUT2D eigenvalue weighted by Gasteiger charge is -2.31. The van der Waals surface area contributed by atoms with Crippen molar-refractivity contribution in [3.8, 4) is 0 Å². The first-order valence-electron chi connectivity index (χ1n) is 7.70. The Balaban J connectivity index is 1.74. The van der Waals surface area contributed by atoms with E-state index in [1.54, 1.807) is 0 Å². The lowest BCUT2D eigenvalue weighted by atomic mass is 9.92. The number of Topliss-reactive ketones (excluding diaryl/α,β-unsaturated/α-hetero) is 1. The minimum absolute atomic E-state index is 0.252. The number of benzene rings is 1. The van der Waals surface area contributed by atoms with Crippen LogP contribution in [0.25, 0.3) is 0 Å². The van der Waals surface area contributed by atoms with Crippen LogP contribution in [-0.4, -0.2) is 30.3 Å². The van der Waals surface area contributed by atoms with E-state index in [-0.39, 0.29) is 5.78 Å². The van der Waals surface area contributed by atoms with Crippen molar-refractivity contribution in [3.63, 3.8) is 0 Å². The molecule has 0 aromatic heterocycles. The van der Waals surface area contributed by atoms with Gasteiger partial charge in [0.15, 0.2) is 5.78 Å². The Morgan fingerprint density at radius 1 is 1.35 bits per heavy atom. The third kappa shape index (κ3) is 4.71. The van der Waals surface area contributed by atoms with Crippen LogP contribution in [0.1, 0.15) is 49.4 Å². The van der Waals surface area contributed by atoms with E-state index in [0.29, 0.717) is 6.42 Å². The molecule has 20 heavy (non-hydrogen) atoms. The molecule has 0 amide bonds. The van der Waals surface area contributed by atoms with Gasteiger partial charge in [-0.2, -0.15) is 0 Å². The number of hydrogen-bond acceptors (Lipinski definition) is 2. The first-order chi connectivity index (χ1) is 9.69. The van der Waals surface area contributed by atoms with Gasteiger partial charge in [-0.25, -0.2) is 0 Å². The molecule has 0 saturated carbocycles. The maximum Gasteiger partial charge on any atom is 0.164 e. The van der Waals surface area contributed by atoms with E-state index in [9.17, 15) is 4.79 Å². The maximum absolute atomic E-state index is 12.2. The van der Waals surface area contributed by atoms with E-state index < -0.39 is 0 Å². The van der Waals surface area contributed by atoms with E-state index >= 15 is 0 Å². The molecule has 0 atom stereocenters. The molecule has 1 aromatic rings. The first-order valence-corrected chi connectivity index (χ1v) is 8.49. The van der Waals surface area contributed by atoms with E-state index in [1.807, 2.05) is 24.3 Å². The monoisotopic (exact) mass is 337 g/mol. The molecular formula is C17H24BrNO. The molecule has 110 valence electrons. The van der Waals surface area contributed by atoms with Crippen LogP contribution >= 0.6 is 15.9 Å². The number of carbonyl (C=O) groups is 1. The SMILES string of the molecule is CCCC1CCN(CCC(=O)c2cccc(Br)c2)CC1. The minimum atomic E-state index is 0.252. The Kier molecular flexibility index (Phi) is 6.24. The highest BCUT2D eigenvalue weighted by Crippen LogP contribution is 2.22. The lowest BCUT2D eigenvalue weighted by Crippen LogP contribution is -2.35. The summed E-state index contributed by atoms with van der Waals surface area (Å²) in [5.41, 5.74) is 0.820. The Labute approximate surface area is 130 Å². The standard InChI is InChI=1S/C17H24BrNO/c1-2-4-14-7-10-19(11-8-14)12-9-17(20)15-5-3-6-16(18)13-15/h3,5-6,13-14H,2,4,7-12H2,1H3. The molecule has 2 rings (SSSR count). The van der Waals surface area contributed by atoms with E-state index in [1.165, 1.54) is 25.7 Å². The summed E-state index contributed by atoms with van der Waals surface area (Å²) in [6.07, 6.45) is 5.91. The highest BCUT2D eigenvalue weighted by atomic mass is 79.9. The number of halogens is 1. The molecule has 0 bridgehead atoms. The van der Waals surface area contributed by atoms with Crippen molar-refractivity contribution in [2.45, 2.75) is 39.0 Å². The zero-order valence-electron chi connectivity index (χ0n) is 12.3. The third-order valence-electron chi connectivity index (χ3n) is 4.21. The van der Waals surface area contributed by atoms with Crippen LogP contribution < -0.4 is 0 Å². The van der Waals surface area contributed by atoms with E-state index in [4.69, 9.17) is 0 Å². The molecule has 1 aliphatic heterocycles. The van der Waals surface area contributed by atoms with Gasteiger partial charge in [-0.05, 0) is 44.0 Å². The zero-order chi connectivity index (χ0) is 14.4. The summed E-state index contributed by atoms with van der Waals surface area (Å²) in [6, 6.07) is 7.69. The predicted molar refractivity (Wildman–Crippen MR) is 87.2 cm³/mol. The molecule has 0 aliphatic carbocycles. The first kappa shape index (κ1) is 15.7. The van der Waals surface area contributed by atoms with Gasteiger partial charge in [-0.1, -0.05) is 47.8 Å². The summed E-state index contributed by atoms with van der Waals surface area (Å²) in [4.78, 5) is 14.6. The van der Waals surface area contributed by atoms with E-state index in [2.05, 4.69) is 27.8 Å². The average molecular weight is 338 g/mol. The second-order valence-corrected chi connectivity index (χ2v) is 6.67. The van der Waals surface area contributed by atoms with Gasteiger partial charge >= 0.3 is 0 Å². The summed E-state index contributed by atoms with van der Waals surface area (Å²) in [5, 5.41) is 0. The molecule has 1 aromatic carbocycles. The number of rotatable bonds is 6. The smallest absolute Gasteiger partial charge is 0.164 e. The summed E-state index contributed by atoms with van der Waals surface area (Å²) >= 11 is 3.42. The van der Waals surface area contributed by atoms with Crippen molar-refractivity contribution in [2.24, 2.45) is 5.92 Å². The zero-order valence-corrected chi connectivity index (χ0v) is 13.9. The topological polar surface area (TPSA) is 20.3 Å². The lowest BCUT2D eigenvalue weighted by molar-refractivity contribution is 0.0950. The van der Waals surface area contributed by atoms with Crippen LogP contribution in [0.15, 0.2) is 28.7 Å². The second-order valence-electron chi connectivity index (χ2n) is 5.76. The summed E-state index contributed by atoms with van der Waals surface area (Å²) in [6.45, 7) is 5.50. The van der Waals surface area contributed by atoms with Gasteiger partial charge < -0.3 is 4.90 Å². The quantitative estimate of drug-likeness (QED) is 0.710. The van der Waals surface area contributed by atoms with Crippen molar-refractivity contribution < 1.29 is 4.79 Å². The van der Waals surface area contributed by atoms with Crippen LogP contribution in [0.2, 0.25) is 0 Å². The van der Waals surface area contributed by atoms with Crippen molar-refractivity contribution >= 4 is 21.7 Å². The van der Waals surface area contributed by atoms with Crippen LogP contribution in [0, 0.1) is 5.92 Å². The number of piperidine rings is 1. The molecule has 3 heteroatoms. The van der Waals surface area contributed by atoms with Gasteiger partial charge in [-0.15, -0.1) is 0 Å². The van der Waals surface area contributed by atoms with Gasteiger partial charge in [0.05, 0.1) is 0 Å². The van der Waals surface area contributed by atoms with Crippen molar-refractivity contribution in [1.29, 1.82) is 0 Å². The van der Waals surface area contributed by atoms with Gasteiger partial charge in [0, 0.05) is 23.0 Å². The average Bonchev–Trinajstić information content (AvgIpc) is 2.46. The van der Waals surface area contributed by atoms with Gasteiger partial charge in [-0.3, -0.25) is 4.79 Å². The second kappa shape index (κ2) is 7.94. The molecule has 0 N–H and O–H groups in total. The molecular weight excluding hydrogens is 314 g/mol. The van der Waals surface area contributed by atoms with Crippen molar-refractivity contribution in [1.82, 2.24) is 4.90 Å². The maximum atomic E-state index is 12.2. The molecule has 1 heterocycles. The van der Waals surface area contributed by atoms with Crippen molar-refractivity contribution in [3.05, 3.63) is 34.3 Å². The Morgan fingerprint density at radius 3 is 2.75 bits per heavy atom. The Hall–Kier alpha value is -0.670.